The summed E-state index contributed by atoms with van der Waals surface area (Å²) in [7, 11) is 3.10. The molecule has 2 aliphatic rings. The van der Waals surface area contributed by atoms with Crippen LogP contribution in [0.2, 0.25) is 0 Å². The Morgan fingerprint density at radius 2 is 1.71 bits per heavy atom. The summed E-state index contributed by atoms with van der Waals surface area (Å²) in [5, 5.41) is 0.259. The molecular weight excluding hydrogens is 455 g/mol. The van der Waals surface area contributed by atoms with Gasteiger partial charge in [-0.25, -0.2) is 4.39 Å². The third-order valence-corrected chi connectivity index (χ3v) is 6.68. The number of fused-ring (bicyclic) bond motifs is 4. The smallest absolute Gasteiger partial charge is 0.264 e. The molecule has 2 bridgehead atoms. The van der Waals surface area contributed by atoms with Gasteiger partial charge in [-0.15, -0.1) is 0 Å². The van der Waals surface area contributed by atoms with E-state index in [4.69, 9.17) is 26.4 Å². The summed E-state index contributed by atoms with van der Waals surface area (Å²) in [5.41, 5.74) is 0.884. The van der Waals surface area contributed by atoms with Crippen LogP contribution in [0.15, 0.2) is 66.7 Å². The van der Waals surface area contributed by atoms with E-state index < -0.39 is 11.8 Å². The van der Waals surface area contributed by atoms with Crippen LogP contribution in [0, 0.1) is 5.82 Å². The van der Waals surface area contributed by atoms with Crippen LogP contribution in [-0.4, -0.2) is 35.9 Å². The molecule has 1 saturated heterocycles. The van der Waals surface area contributed by atoms with E-state index in [2.05, 4.69) is 0 Å². The van der Waals surface area contributed by atoms with E-state index >= 15 is 0 Å². The first-order valence-corrected chi connectivity index (χ1v) is 11.2. The van der Waals surface area contributed by atoms with Crippen molar-refractivity contribution >= 4 is 28.9 Å². The Morgan fingerprint density at radius 3 is 2.41 bits per heavy atom. The molecule has 174 valence electrons. The van der Waals surface area contributed by atoms with Gasteiger partial charge in [-0.2, -0.15) is 0 Å². The van der Waals surface area contributed by atoms with Gasteiger partial charge in [0.15, 0.2) is 22.3 Å². The zero-order valence-corrected chi connectivity index (χ0v) is 19.8. The third kappa shape index (κ3) is 3.37. The highest BCUT2D eigenvalue weighted by molar-refractivity contribution is 7.80. The molecule has 2 atom stereocenters. The number of amides is 1. The lowest BCUT2D eigenvalue weighted by Gasteiger charge is -2.55. The number of methoxy groups -OCH3 is 2. The van der Waals surface area contributed by atoms with Gasteiger partial charge in [0.1, 0.15) is 11.6 Å². The highest BCUT2D eigenvalue weighted by Gasteiger charge is 2.54. The quantitative estimate of drug-likeness (QED) is 0.473. The Kier molecular flexibility index (Phi) is 5.40. The fourth-order valence-electron chi connectivity index (χ4n) is 4.76. The predicted molar refractivity (Wildman–Crippen MR) is 130 cm³/mol. The number of nitrogens with zero attached hydrogens (tertiary/aromatic N) is 2. The van der Waals surface area contributed by atoms with Gasteiger partial charge in [0, 0.05) is 17.7 Å². The molecule has 0 spiro atoms. The first-order valence-electron chi connectivity index (χ1n) is 10.8. The number of hydrogen-bond donors (Lipinski definition) is 0. The summed E-state index contributed by atoms with van der Waals surface area (Å²) < 4.78 is 31.3. The lowest BCUT2D eigenvalue weighted by molar-refractivity contribution is 0.0161. The maximum Gasteiger partial charge on any atom is 0.264 e. The van der Waals surface area contributed by atoms with E-state index in [1.807, 2.05) is 25.1 Å². The zero-order chi connectivity index (χ0) is 24.0. The molecular formula is C26H23FN2O4S. The molecule has 0 N–H and O–H groups in total. The Labute approximate surface area is 202 Å². The van der Waals surface area contributed by atoms with Crippen molar-refractivity contribution in [2.45, 2.75) is 25.1 Å². The number of ether oxygens (including phenoxy) is 3. The molecule has 2 aliphatic heterocycles. The maximum atomic E-state index is 14.0. The predicted octanol–water partition coefficient (Wildman–Crippen LogP) is 5.33. The van der Waals surface area contributed by atoms with E-state index in [0.717, 1.165) is 5.56 Å². The second kappa shape index (κ2) is 8.29. The number of hydrogen-bond acceptors (Lipinski definition) is 5. The van der Waals surface area contributed by atoms with Crippen molar-refractivity contribution in [3.63, 3.8) is 0 Å². The van der Waals surface area contributed by atoms with Crippen molar-refractivity contribution in [1.29, 1.82) is 0 Å². The molecule has 1 fully saturated rings. The molecule has 5 rings (SSSR count). The third-order valence-electron chi connectivity index (χ3n) is 6.31. The van der Waals surface area contributed by atoms with Crippen LogP contribution in [-0.2, 0) is 0 Å². The van der Waals surface area contributed by atoms with Gasteiger partial charge in [0.05, 0.1) is 25.8 Å². The summed E-state index contributed by atoms with van der Waals surface area (Å²) in [4.78, 5) is 17.4. The van der Waals surface area contributed by atoms with E-state index in [-0.39, 0.29) is 16.8 Å². The summed E-state index contributed by atoms with van der Waals surface area (Å²) >= 11 is 5.92. The van der Waals surface area contributed by atoms with Crippen LogP contribution in [0.3, 0.4) is 0 Å². The minimum absolute atomic E-state index is 0.259. The lowest BCUT2D eigenvalue weighted by Crippen LogP contribution is -2.67. The van der Waals surface area contributed by atoms with Crippen molar-refractivity contribution in [3.05, 3.63) is 83.7 Å². The molecule has 0 unspecified atom stereocenters. The average Bonchev–Trinajstić information content (AvgIpc) is 2.84. The number of carbonyl (C=O) groups excluding carboxylic acids is 1. The molecule has 0 aromatic heterocycles. The first kappa shape index (κ1) is 22.2. The van der Waals surface area contributed by atoms with Gasteiger partial charge in [-0.05, 0) is 61.6 Å². The first-order chi connectivity index (χ1) is 16.4. The maximum absolute atomic E-state index is 14.0. The van der Waals surface area contributed by atoms with E-state index in [0.29, 0.717) is 34.9 Å². The Balaban J connectivity index is 1.71. The summed E-state index contributed by atoms with van der Waals surface area (Å²) in [6.07, 6.45) is 0.436. The second-order valence-electron chi connectivity index (χ2n) is 8.35. The standard InChI is InChI=1S/C26H23FN2O4S/c1-26-15-20(18-8-6-10-22(32-3)23(18)33-26)28(24(30)19-7-4-5-9-21(19)31-2)25(34)29(26)17-13-11-16(27)12-14-17/h4-14,20H,15H2,1-3H3/t20-,26+/m1/s1. The molecule has 8 heteroatoms. The van der Waals surface area contributed by atoms with Gasteiger partial charge in [0.25, 0.3) is 5.91 Å². The SMILES string of the molecule is COc1ccccc1C(=O)N1C(=S)N(c2ccc(F)cc2)[C@]2(C)C[C@@H]1c1cccc(OC)c1O2. The molecule has 0 aliphatic carbocycles. The minimum Gasteiger partial charge on any atom is -0.496 e. The number of rotatable bonds is 4. The summed E-state index contributed by atoms with van der Waals surface area (Å²) in [5.74, 6) is 0.904. The molecule has 1 amide bonds. The zero-order valence-electron chi connectivity index (χ0n) is 18.9. The average molecular weight is 479 g/mol. The highest BCUT2D eigenvalue weighted by Crippen LogP contribution is 2.52. The molecule has 0 radical (unpaired) electrons. The van der Waals surface area contributed by atoms with Crippen molar-refractivity contribution in [2.75, 3.05) is 19.1 Å². The van der Waals surface area contributed by atoms with Crippen LogP contribution >= 0.6 is 12.2 Å². The summed E-state index contributed by atoms with van der Waals surface area (Å²) in [6.45, 7) is 1.91. The molecule has 3 aromatic carbocycles. The molecule has 2 heterocycles. The van der Waals surface area contributed by atoms with Crippen LogP contribution in [0.1, 0.15) is 35.3 Å². The second-order valence-corrected chi connectivity index (χ2v) is 8.71. The number of benzene rings is 3. The van der Waals surface area contributed by atoms with Crippen LogP contribution < -0.4 is 19.1 Å². The molecule has 0 saturated carbocycles. The Morgan fingerprint density at radius 1 is 1.03 bits per heavy atom. The number of carbonyl (C=O) groups is 1. The van der Waals surface area contributed by atoms with Crippen LogP contribution in [0.5, 0.6) is 17.2 Å². The number of halogens is 1. The van der Waals surface area contributed by atoms with Crippen LogP contribution in [0.4, 0.5) is 10.1 Å². The van der Waals surface area contributed by atoms with E-state index in [9.17, 15) is 9.18 Å². The number of thiocarbonyl (C=S) groups is 1. The topological polar surface area (TPSA) is 51.2 Å². The molecule has 34 heavy (non-hydrogen) atoms. The molecule has 3 aromatic rings. The monoisotopic (exact) mass is 478 g/mol. The Hall–Kier alpha value is -3.65. The van der Waals surface area contributed by atoms with Crippen molar-refractivity contribution < 1.29 is 23.4 Å². The summed E-state index contributed by atoms with van der Waals surface area (Å²) in [6, 6.07) is 18.2. The Bertz CT molecular complexity index is 1280. The van der Waals surface area contributed by atoms with Crippen LogP contribution in [0.25, 0.3) is 0 Å². The van der Waals surface area contributed by atoms with Crippen molar-refractivity contribution in [2.24, 2.45) is 0 Å². The van der Waals surface area contributed by atoms with E-state index in [1.165, 1.54) is 19.2 Å². The largest absolute Gasteiger partial charge is 0.496 e. The number of anilines is 1. The van der Waals surface area contributed by atoms with Gasteiger partial charge < -0.3 is 14.2 Å². The van der Waals surface area contributed by atoms with Gasteiger partial charge in [-0.3, -0.25) is 14.6 Å². The fraction of sp³-hybridized carbons (Fsp3) is 0.231. The van der Waals surface area contributed by atoms with Crippen molar-refractivity contribution in [1.82, 2.24) is 4.90 Å². The van der Waals surface area contributed by atoms with Gasteiger partial charge in [-0.1, -0.05) is 24.3 Å². The van der Waals surface area contributed by atoms with Gasteiger partial charge in [0.2, 0.25) is 0 Å². The van der Waals surface area contributed by atoms with Gasteiger partial charge >= 0.3 is 0 Å². The van der Waals surface area contributed by atoms with Crippen molar-refractivity contribution in [3.8, 4) is 17.2 Å². The van der Waals surface area contributed by atoms with E-state index in [1.54, 1.807) is 53.3 Å². The highest BCUT2D eigenvalue weighted by atomic mass is 32.1. The number of para-hydroxylation sites is 2. The minimum atomic E-state index is -0.932. The fourth-order valence-corrected chi connectivity index (χ4v) is 5.27. The molecule has 6 nitrogen and oxygen atoms in total. The lowest BCUT2D eigenvalue weighted by atomic mass is 9.88. The normalized spacial score (nSPS) is 20.9.